The van der Waals surface area contributed by atoms with E-state index >= 15 is 0 Å². The fourth-order valence-corrected chi connectivity index (χ4v) is 4.49. The van der Waals surface area contributed by atoms with E-state index in [2.05, 4.69) is 22.3 Å². The molecule has 4 rings (SSSR count). The van der Waals surface area contributed by atoms with E-state index in [-0.39, 0.29) is 29.7 Å². The Hall–Kier alpha value is -2.90. The Kier molecular flexibility index (Phi) is 4.13. The zero-order chi connectivity index (χ0) is 19.2. The molecule has 1 aromatic carbocycles. The number of anilines is 1. The zero-order valence-corrected chi connectivity index (χ0v) is 15.7. The third-order valence-electron chi connectivity index (χ3n) is 5.67. The first-order valence-corrected chi connectivity index (χ1v) is 9.20. The van der Waals surface area contributed by atoms with Gasteiger partial charge in [-0.15, -0.1) is 5.10 Å². The van der Waals surface area contributed by atoms with Gasteiger partial charge >= 0.3 is 6.01 Å². The quantitative estimate of drug-likeness (QED) is 0.886. The summed E-state index contributed by atoms with van der Waals surface area (Å²) < 4.78 is 6.56. The van der Waals surface area contributed by atoms with Crippen molar-refractivity contribution in [1.82, 2.24) is 19.7 Å². The number of fused-ring (bicyclic) bond motifs is 2. The van der Waals surface area contributed by atoms with Crippen LogP contribution in [0.3, 0.4) is 0 Å². The van der Waals surface area contributed by atoms with Crippen LogP contribution in [0.15, 0.2) is 24.3 Å². The topological polar surface area (TPSA) is 89.4 Å². The molecule has 2 aromatic rings. The number of aromatic nitrogens is 3. The number of amides is 2. The lowest BCUT2D eigenvalue weighted by Crippen LogP contribution is -2.49. The van der Waals surface area contributed by atoms with Gasteiger partial charge in [-0.25, -0.2) is 4.68 Å². The Morgan fingerprint density at radius 2 is 2.19 bits per heavy atom. The maximum atomic E-state index is 13.2. The minimum absolute atomic E-state index is 0.0241. The number of nitrogens with zero attached hydrogens (tertiary/aromatic N) is 4. The van der Waals surface area contributed by atoms with Crippen molar-refractivity contribution in [2.75, 3.05) is 19.0 Å². The number of ether oxygens (including phenoxy) is 1. The van der Waals surface area contributed by atoms with Crippen LogP contribution in [-0.2, 0) is 17.3 Å². The van der Waals surface area contributed by atoms with Crippen LogP contribution in [0.25, 0.3) is 0 Å². The Labute approximate surface area is 157 Å². The fraction of sp³-hybridized carbons (Fsp3) is 0.474. The molecular weight excluding hydrogens is 346 g/mol. The average molecular weight is 369 g/mol. The van der Waals surface area contributed by atoms with Crippen LogP contribution in [-0.4, -0.2) is 51.2 Å². The molecule has 2 atom stereocenters. The van der Waals surface area contributed by atoms with Gasteiger partial charge in [0.1, 0.15) is 0 Å². The van der Waals surface area contributed by atoms with Gasteiger partial charge < -0.3 is 15.0 Å². The average Bonchev–Trinajstić information content (AvgIpc) is 3.31. The Balaban J connectivity index is 1.74. The molecule has 1 saturated heterocycles. The molecule has 0 radical (unpaired) electrons. The van der Waals surface area contributed by atoms with Crippen LogP contribution >= 0.6 is 0 Å². The monoisotopic (exact) mass is 369 g/mol. The largest absolute Gasteiger partial charge is 0.467 e. The van der Waals surface area contributed by atoms with Crippen LogP contribution < -0.4 is 10.1 Å². The molecule has 2 amide bonds. The molecule has 0 saturated carbocycles. The van der Waals surface area contributed by atoms with Crippen molar-refractivity contribution in [3.05, 3.63) is 35.7 Å². The second-order valence-electron chi connectivity index (χ2n) is 7.07. The summed E-state index contributed by atoms with van der Waals surface area (Å²) in [6, 6.07) is 7.82. The molecule has 8 nitrogen and oxygen atoms in total. The highest BCUT2D eigenvalue weighted by molar-refractivity contribution is 6.08. The lowest BCUT2D eigenvalue weighted by molar-refractivity contribution is -0.121. The van der Waals surface area contributed by atoms with Crippen LogP contribution in [0.2, 0.25) is 0 Å². The number of para-hydroxylation sites is 1. The first-order chi connectivity index (χ1) is 13.0. The number of carbonyl (C=O) groups is 2. The van der Waals surface area contributed by atoms with Gasteiger partial charge in [0.25, 0.3) is 5.91 Å². The van der Waals surface area contributed by atoms with E-state index in [0.717, 1.165) is 24.1 Å². The molecule has 0 unspecified atom stereocenters. The van der Waals surface area contributed by atoms with E-state index in [0.29, 0.717) is 13.0 Å². The number of likely N-dealkylation sites (tertiary alicyclic amines) is 1. The Bertz CT molecular complexity index is 909. The summed E-state index contributed by atoms with van der Waals surface area (Å²) >= 11 is 0. The predicted octanol–water partition coefficient (Wildman–Crippen LogP) is 1.73. The van der Waals surface area contributed by atoms with Crippen molar-refractivity contribution >= 4 is 17.5 Å². The molecule has 1 spiro atoms. The smallest absolute Gasteiger partial charge is 0.314 e. The number of hydrogen-bond donors (Lipinski definition) is 1. The van der Waals surface area contributed by atoms with Crippen molar-refractivity contribution in [3.8, 4) is 6.01 Å². The summed E-state index contributed by atoms with van der Waals surface area (Å²) in [4.78, 5) is 32.2. The second kappa shape index (κ2) is 6.37. The van der Waals surface area contributed by atoms with Crippen molar-refractivity contribution in [2.45, 2.75) is 37.6 Å². The third kappa shape index (κ3) is 2.43. The molecule has 0 bridgehead atoms. The number of aryl methyl sites for hydroxylation is 1. The molecule has 1 N–H and O–H groups in total. The minimum atomic E-state index is -0.707. The highest BCUT2D eigenvalue weighted by Gasteiger charge is 2.58. The summed E-state index contributed by atoms with van der Waals surface area (Å²) in [6.07, 6.45) is 2.19. The van der Waals surface area contributed by atoms with Gasteiger partial charge in [-0.1, -0.05) is 31.5 Å². The van der Waals surface area contributed by atoms with Gasteiger partial charge in [0.05, 0.1) is 18.6 Å². The molecule has 142 valence electrons. The van der Waals surface area contributed by atoms with Gasteiger partial charge in [-0.2, -0.15) is 4.98 Å². The van der Waals surface area contributed by atoms with E-state index < -0.39 is 5.41 Å². The van der Waals surface area contributed by atoms with Crippen molar-refractivity contribution in [3.63, 3.8) is 0 Å². The normalized spacial score (nSPS) is 23.6. The maximum absolute atomic E-state index is 13.2. The molecule has 2 aliphatic heterocycles. The van der Waals surface area contributed by atoms with E-state index in [1.165, 1.54) is 11.8 Å². The summed E-state index contributed by atoms with van der Waals surface area (Å²) in [7, 11) is 3.17. The lowest BCUT2D eigenvalue weighted by Gasteiger charge is -2.33. The summed E-state index contributed by atoms with van der Waals surface area (Å²) in [5.74, 6) is -0.190. The second-order valence-corrected chi connectivity index (χ2v) is 7.07. The van der Waals surface area contributed by atoms with Gasteiger partial charge in [-0.05, 0) is 24.5 Å². The highest BCUT2D eigenvalue weighted by atomic mass is 16.5. The van der Waals surface area contributed by atoms with Crippen LogP contribution in [0.1, 0.15) is 42.4 Å². The summed E-state index contributed by atoms with van der Waals surface area (Å²) in [5, 5.41) is 7.20. The Morgan fingerprint density at radius 1 is 1.41 bits per heavy atom. The standard InChI is InChI=1S/C19H23N5O3/c1-4-7-14-19(12-8-5-6-9-13(12)20-17(19)26)10-11-24(14)16(25)15-21-18(27-3)23(2)22-15/h5-6,8-9,14H,4,7,10-11H2,1-3H3,(H,20,26)/t14-,19-/m0/s1. The van der Waals surface area contributed by atoms with Gasteiger partial charge in [-0.3, -0.25) is 9.59 Å². The van der Waals surface area contributed by atoms with Crippen molar-refractivity contribution in [1.29, 1.82) is 0 Å². The fourth-order valence-electron chi connectivity index (χ4n) is 4.49. The molecular formula is C19H23N5O3. The van der Waals surface area contributed by atoms with E-state index in [1.54, 1.807) is 11.9 Å². The molecule has 3 heterocycles. The number of carbonyl (C=O) groups excluding carboxylic acids is 2. The molecule has 27 heavy (non-hydrogen) atoms. The van der Waals surface area contributed by atoms with Gasteiger partial charge in [0, 0.05) is 19.3 Å². The molecule has 8 heteroatoms. The summed E-state index contributed by atoms with van der Waals surface area (Å²) in [5.41, 5.74) is 1.12. The van der Waals surface area contributed by atoms with Crippen LogP contribution in [0, 0.1) is 0 Å². The molecule has 2 aliphatic rings. The SMILES string of the molecule is CCC[C@@H]1N(C(=O)c2nc(OC)n(C)n2)CC[C@@]12C(=O)Nc1ccccc12. The number of rotatable bonds is 4. The van der Waals surface area contributed by atoms with E-state index in [9.17, 15) is 9.59 Å². The molecule has 0 aliphatic carbocycles. The van der Waals surface area contributed by atoms with Crippen molar-refractivity contribution < 1.29 is 14.3 Å². The number of benzene rings is 1. The Morgan fingerprint density at radius 3 is 2.89 bits per heavy atom. The number of methoxy groups -OCH3 is 1. The maximum Gasteiger partial charge on any atom is 0.314 e. The highest BCUT2D eigenvalue weighted by Crippen LogP contribution is 2.49. The first-order valence-electron chi connectivity index (χ1n) is 9.20. The van der Waals surface area contributed by atoms with Crippen LogP contribution in [0.4, 0.5) is 5.69 Å². The zero-order valence-electron chi connectivity index (χ0n) is 15.7. The third-order valence-corrected chi connectivity index (χ3v) is 5.67. The summed E-state index contributed by atoms with van der Waals surface area (Å²) in [6.45, 7) is 2.56. The van der Waals surface area contributed by atoms with Gasteiger partial charge in [0.15, 0.2) is 0 Å². The van der Waals surface area contributed by atoms with Crippen LogP contribution in [0.5, 0.6) is 6.01 Å². The van der Waals surface area contributed by atoms with E-state index in [4.69, 9.17) is 4.74 Å². The minimum Gasteiger partial charge on any atom is -0.467 e. The molecule has 1 aromatic heterocycles. The van der Waals surface area contributed by atoms with Gasteiger partial charge in [0.2, 0.25) is 11.7 Å². The van der Waals surface area contributed by atoms with E-state index in [1.807, 2.05) is 24.3 Å². The van der Waals surface area contributed by atoms with Crippen molar-refractivity contribution in [2.24, 2.45) is 7.05 Å². The molecule has 1 fully saturated rings. The lowest BCUT2D eigenvalue weighted by atomic mass is 9.73. The number of nitrogens with one attached hydrogen (secondary N) is 1. The first kappa shape index (κ1) is 17.5. The predicted molar refractivity (Wildman–Crippen MR) is 98.7 cm³/mol. The number of hydrogen-bond acceptors (Lipinski definition) is 5.